The van der Waals surface area contributed by atoms with Gasteiger partial charge in [-0.3, -0.25) is 10.1 Å². The molecule has 7 nitrogen and oxygen atoms in total. The first-order valence-electron chi connectivity index (χ1n) is 6.93. The Bertz CT molecular complexity index is 878. The molecule has 0 N–H and O–H groups in total. The van der Waals surface area contributed by atoms with Crippen LogP contribution in [0.5, 0.6) is 0 Å². The lowest BCUT2D eigenvalue weighted by atomic mass is 10.2. The number of aromatic nitrogens is 1. The Morgan fingerprint density at radius 2 is 2.04 bits per heavy atom. The fourth-order valence-electron chi connectivity index (χ4n) is 2.81. The Morgan fingerprint density at radius 1 is 1.30 bits per heavy atom. The van der Waals surface area contributed by atoms with Crippen molar-refractivity contribution in [1.82, 2.24) is 8.87 Å². The summed E-state index contributed by atoms with van der Waals surface area (Å²) in [5, 5.41) is 10.9. The molecule has 1 aliphatic rings. The molecule has 1 aliphatic heterocycles. The highest BCUT2D eigenvalue weighted by Gasteiger charge is 2.34. The Morgan fingerprint density at radius 3 is 2.74 bits per heavy atom. The molecule has 0 radical (unpaired) electrons. The average molecular weight is 356 g/mol. The first-order valence-corrected chi connectivity index (χ1v) is 8.75. The SMILES string of the molecule is C[C@@H]1c2cccn2CCN1S(=O)(=O)c1ccc(Cl)c([N+](=O)[O-])c1. The summed E-state index contributed by atoms with van der Waals surface area (Å²) < 4.78 is 29.1. The summed E-state index contributed by atoms with van der Waals surface area (Å²) in [5.74, 6) is 0. The van der Waals surface area contributed by atoms with Crippen molar-refractivity contribution in [2.24, 2.45) is 0 Å². The van der Waals surface area contributed by atoms with E-state index in [2.05, 4.69) is 0 Å². The van der Waals surface area contributed by atoms with Gasteiger partial charge in [0.1, 0.15) is 5.02 Å². The molecule has 0 fully saturated rings. The monoisotopic (exact) mass is 355 g/mol. The molecule has 1 aromatic heterocycles. The van der Waals surface area contributed by atoms with E-state index in [4.69, 9.17) is 11.6 Å². The number of halogens is 1. The third kappa shape index (κ3) is 2.62. The van der Waals surface area contributed by atoms with Crippen LogP contribution in [0.3, 0.4) is 0 Å². The van der Waals surface area contributed by atoms with E-state index in [1.807, 2.05) is 22.9 Å². The van der Waals surface area contributed by atoms with Crippen molar-refractivity contribution in [2.75, 3.05) is 6.54 Å². The maximum Gasteiger partial charge on any atom is 0.289 e. The molecule has 0 bridgehead atoms. The summed E-state index contributed by atoms with van der Waals surface area (Å²) in [6.07, 6.45) is 1.91. The molecule has 9 heteroatoms. The summed E-state index contributed by atoms with van der Waals surface area (Å²) in [7, 11) is -3.85. The lowest BCUT2D eigenvalue weighted by molar-refractivity contribution is -0.384. The van der Waals surface area contributed by atoms with E-state index in [1.54, 1.807) is 6.92 Å². The highest BCUT2D eigenvalue weighted by Crippen LogP contribution is 2.33. The highest BCUT2D eigenvalue weighted by molar-refractivity contribution is 7.89. The van der Waals surface area contributed by atoms with Crippen molar-refractivity contribution in [3.05, 3.63) is 57.4 Å². The molecule has 23 heavy (non-hydrogen) atoms. The maximum absolute atomic E-state index is 12.9. The topological polar surface area (TPSA) is 85.5 Å². The molecule has 0 saturated heterocycles. The Kier molecular flexibility index (Phi) is 3.91. The van der Waals surface area contributed by atoms with Gasteiger partial charge < -0.3 is 4.57 Å². The Balaban J connectivity index is 2.03. The van der Waals surface area contributed by atoms with E-state index in [-0.39, 0.29) is 16.0 Å². The molecule has 1 aromatic carbocycles. The lowest BCUT2D eigenvalue weighted by Crippen LogP contribution is -2.40. The van der Waals surface area contributed by atoms with Crippen LogP contribution in [-0.2, 0) is 16.6 Å². The minimum absolute atomic E-state index is 0.0884. The van der Waals surface area contributed by atoms with Gasteiger partial charge in [0.15, 0.2) is 0 Å². The third-order valence-electron chi connectivity index (χ3n) is 4.01. The van der Waals surface area contributed by atoms with E-state index < -0.39 is 20.6 Å². The first-order chi connectivity index (χ1) is 10.8. The van der Waals surface area contributed by atoms with Crippen molar-refractivity contribution in [2.45, 2.75) is 24.4 Å². The molecule has 0 spiro atoms. The molecule has 1 atom stereocenters. The van der Waals surface area contributed by atoms with E-state index in [0.717, 1.165) is 11.8 Å². The normalized spacial score (nSPS) is 18.6. The van der Waals surface area contributed by atoms with Crippen LogP contribution in [0, 0.1) is 10.1 Å². The lowest BCUT2D eigenvalue weighted by Gasteiger charge is -2.33. The molecule has 0 amide bonds. The number of hydrogen-bond donors (Lipinski definition) is 0. The summed E-state index contributed by atoms with van der Waals surface area (Å²) in [5.41, 5.74) is 0.476. The second-order valence-corrected chi connectivity index (χ2v) is 7.59. The predicted octanol–water partition coefficient (Wildman–Crippen LogP) is 2.82. The van der Waals surface area contributed by atoms with Gasteiger partial charge in [-0.25, -0.2) is 8.42 Å². The van der Waals surface area contributed by atoms with Crippen LogP contribution >= 0.6 is 11.6 Å². The molecule has 3 rings (SSSR count). The summed E-state index contributed by atoms with van der Waals surface area (Å²) in [6.45, 7) is 2.65. The van der Waals surface area contributed by atoms with E-state index in [9.17, 15) is 18.5 Å². The van der Waals surface area contributed by atoms with E-state index >= 15 is 0 Å². The summed E-state index contributed by atoms with van der Waals surface area (Å²) in [6, 6.07) is 6.94. The largest absolute Gasteiger partial charge is 0.349 e. The fourth-order valence-corrected chi connectivity index (χ4v) is 4.62. The van der Waals surface area contributed by atoms with Crippen molar-refractivity contribution in [3.8, 4) is 0 Å². The zero-order chi connectivity index (χ0) is 16.8. The zero-order valence-corrected chi connectivity index (χ0v) is 13.8. The smallest absolute Gasteiger partial charge is 0.289 e. The van der Waals surface area contributed by atoms with Crippen LogP contribution in [0.2, 0.25) is 5.02 Å². The number of benzene rings is 1. The quantitative estimate of drug-likeness (QED) is 0.625. The minimum Gasteiger partial charge on any atom is -0.349 e. The Hall–Kier alpha value is -1.90. The predicted molar refractivity (Wildman–Crippen MR) is 84.8 cm³/mol. The third-order valence-corrected chi connectivity index (χ3v) is 6.29. The number of nitrogens with zero attached hydrogens (tertiary/aromatic N) is 3. The van der Waals surface area contributed by atoms with Crippen LogP contribution in [0.15, 0.2) is 41.4 Å². The highest BCUT2D eigenvalue weighted by atomic mass is 35.5. The standard InChI is InChI=1S/C14H14ClN3O4S/c1-10-13-3-2-6-16(13)7-8-17(10)23(21,22)11-4-5-12(15)14(9-11)18(19)20/h2-6,9-10H,7-8H2,1H3/t10-/m1/s1. The van der Waals surface area contributed by atoms with Gasteiger partial charge >= 0.3 is 0 Å². The van der Waals surface area contributed by atoms with Crippen molar-refractivity contribution in [1.29, 1.82) is 0 Å². The van der Waals surface area contributed by atoms with Crippen LogP contribution in [-0.4, -0.2) is 28.8 Å². The molecular weight excluding hydrogens is 342 g/mol. The van der Waals surface area contributed by atoms with Gasteiger partial charge in [0.05, 0.1) is 15.9 Å². The van der Waals surface area contributed by atoms with Crippen LogP contribution in [0.4, 0.5) is 5.69 Å². The molecule has 2 heterocycles. The van der Waals surface area contributed by atoms with Gasteiger partial charge in [-0.15, -0.1) is 0 Å². The van der Waals surface area contributed by atoms with Gasteiger partial charge in [0, 0.05) is 31.0 Å². The molecule has 122 valence electrons. The average Bonchev–Trinajstić information content (AvgIpc) is 2.96. The zero-order valence-electron chi connectivity index (χ0n) is 12.2. The molecule has 0 unspecified atom stereocenters. The Labute approximate surface area is 138 Å². The van der Waals surface area contributed by atoms with Crippen LogP contribution in [0.1, 0.15) is 18.7 Å². The maximum atomic E-state index is 12.9. The van der Waals surface area contributed by atoms with Gasteiger partial charge in [-0.2, -0.15) is 4.31 Å². The van der Waals surface area contributed by atoms with Gasteiger partial charge in [-0.1, -0.05) is 11.6 Å². The van der Waals surface area contributed by atoms with Crippen molar-refractivity contribution >= 4 is 27.3 Å². The second-order valence-electron chi connectivity index (χ2n) is 5.29. The van der Waals surface area contributed by atoms with Gasteiger partial charge in [-0.05, 0) is 31.2 Å². The summed E-state index contributed by atoms with van der Waals surface area (Å²) >= 11 is 5.75. The molecular formula is C14H14ClN3O4S. The molecule has 0 saturated carbocycles. The van der Waals surface area contributed by atoms with Crippen LogP contribution in [0.25, 0.3) is 0 Å². The number of nitro groups is 1. The number of hydrogen-bond acceptors (Lipinski definition) is 4. The van der Waals surface area contributed by atoms with Gasteiger partial charge in [0.2, 0.25) is 10.0 Å². The number of sulfonamides is 1. The number of rotatable bonds is 3. The number of nitro benzene ring substituents is 1. The first kappa shape index (κ1) is 16.0. The van der Waals surface area contributed by atoms with E-state index in [0.29, 0.717) is 13.1 Å². The van der Waals surface area contributed by atoms with E-state index in [1.165, 1.54) is 16.4 Å². The number of fused-ring (bicyclic) bond motifs is 1. The summed E-state index contributed by atoms with van der Waals surface area (Å²) in [4.78, 5) is 10.2. The van der Waals surface area contributed by atoms with Crippen LogP contribution < -0.4 is 0 Å². The minimum atomic E-state index is -3.85. The molecule has 0 aliphatic carbocycles. The molecule has 2 aromatic rings. The van der Waals surface area contributed by atoms with Crippen molar-refractivity contribution in [3.63, 3.8) is 0 Å². The second kappa shape index (κ2) is 5.63. The van der Waals surface area contributed by atoms with Crippen molar-refractivity contribution < 1.29 is 13.3 Å². The fraction of sp³-hybridized carbons (Fsp3) is 0.286. The van der Waals surface area contributed by atoms with Gasteiger partial charge in [0.25, 0.3) is 5.69 Å².